The molecule has 2 aromatic rings. The number of amides is 1. The molecule has 1 aromatic heterocycles. The first-order chi connectivity index (χ1) is 11.6. The van der Waals surface area contributed by atoms with E-state index >= 15 is 0 Å². The summed E-state index contributed by atoms with van der Waals surface area (Å²) >= 11 is 0. The number of carbonyl (C=O) groups is 1. The Morgan fingerprint density at radius 1 is 1.24 bits per heavy atom. The van der Waals surface area contributed by atoms with E-state index in [2.05, 4.69) is 14.7 Å². The normalized spacial score (nSPS) is 17.3. The van der Waals surface area contributed by atoms with Gasteiger partial charge in [-0.15, -0.1) is 0 Å². The number of nitrogens with zero attached hydrogens (tertiary/aromatic N) is 3. The molecule has 9 heteroatoms. The van der Waals surface area contributed by atoms with Crippen LogP contribution in [0, 0.1) is 0 Å². The van der Waals surface area contributed by atoms with Crippen LogP contribution in [0.25, 0.3) is 11.4 Å². The fourth-order valence-electron chi connectivity index (χ4n) is 2.49. The average molecular weight is 355 g/mol. The Morgan fingerprint density at radius 2 is 1.92 bits per heavy atom. The number of hydrogen-bond donors (Lipinski definition) is 0. The lowest BCUT2D eigenvalue weighted by molar-refractivity contribution is -0.195. The third-order valence-corrected chi connectivity index (χ3v) is 3.57. The van der Waals surface area contributed by atoms with E-state index in [0.717, 1.165) is 5.56 Å². The molecule has 0 radical (unpaired) electrons. The third-order valence-electron chi connectivity index (χ3n) is 3.57. The average Bonchev–Trinajstić information content (AvgIpc) is 3.02. The highest BCUT2D eigenvalue weighted by atomic mass is 19.4. The molecule has 2 heterocycles. The van der Waals surface area contributed by atoms with Crippen LogP contribution in [0.1, 0.15) is 31.7 Å². The van der Waals surface area contributed by atoms with E-state index in [4.69, 9.17) is 4.84 Å². The van der Waals surface area contributed by atoms with Crippen molar-refractivity contribution in [3.63, 3.8) is 0 Å². The summed E-state index contributed by atoms with van der Waals surface area (Å²) in [4.78, 5) is 21.2. The van der Waals surface area contributed by atoms with Crippen LogP contribution in [-0.4, -0.2) is 32.9 Å². The van der Waals surface area contributed by atoms with Gasteiger partial charge in [0, 0.05) is 5.56 Å². The van der Waals surface area contributed by atoms with Crippen molar-refractivity contribution in [1.82, 2.24) is 15.2 Å². The van der Waals surface area contributed by atoms with Crippen LogP contribution < -0.4 is 0 Å². The SMILES string of the molecule is CC1(C)CC(=O)N(Cc2ccc(-c3noc(CC(F)(F)F)n3)cc2)O1. The first kappa shape index (κ1) is 17.4. The molecule has 0 aliphatic carbocycles. The summed E-state index contributed by atoms with van der Waals surface area (Å²) in [5.74, 6) is -0.491. The molecule has 0 saturated carbocycles. The molecule has 1 aliphatic heterocycles. The molecule has 1 amide bonds. The van der Waals surface area contributed by atoms with Crippen molar-refractivity contribution in [3.05, 3.63) is 35.7 Å². The molecular weight excluding hydrogens is 339 g/mol. The second-order valence-corrected chi connectivity index (χ2v) is 6.46. The van der Waals surface area contributed by atoms with E-state index in [9.17, 15) is 18.0 Å². The van der Waals surface area contributed by atoms with Crippen LogP contribution in [0.5, 0.6) is 0 Å². The molecule has 0 N–H and O–H groups in total. The Hall–Kier alpha value is -2.42. The van der Waals surface area contributed by atoms with Gasteiger partial charge < -0.3 is 4.52 Å². The molecule has 25 heavy (non-hydrogen) atoms. The minimum absolute atomic E-state index is 0.0837. The van der Waals surface area contributed by atoms with Gasteiger partial charge in [-0.25, -0.2) is 5.06 Å². The summed E-state index contributed by atoms with van der Waals surface area (Å²) in [5, 5.41) is 4.87. The van der Waals surface area contributed by atoms with E-state index in [1.807, 2.05) is 13.8 Å². The molecule has 0 atom stereocenters. The third kappa shape index (κ3) is 4.36. The van der Waals surface area contributed by atoms with E-state index < -0.39 is 24.1 Å². The van der Waals surface area contributed by atoms with E-state index in [-0.39, 0.29) is 18.3 Å². The smallest absolute Gasteiger partial charge is 0.339 e. The Balaban J connectivity index is 1.68. The summed E-state index contributed by atoms with van der Waals surface area (Å²) in [6, 6.07) is 6.78. The summed E-state index contributed by atoms with van der Waals surface area (Å²) in [5.41, 5.74) is 0.819. The first-order valence-corrected chi connectivity index (χ1v) is 7.59. The second kappa shape index (κ2) is 6.14. The molecule has 0 unspecified atom stereocenters. The van der Waals surface area contributed by atoms with Crippen molar-refractivity contribution in [2.45, 2.75) is 45.0 Å². The van der Waals surface area contributed by atoms with Gasteiger partial charge in [-0.2, -0.15) is 18.2 Å². The minimum Gasteiger partial charge on any atom is -0.339 e. The van der Waals surface area contributed by atoms with Gasteiger partial charge >= 0.3 is 6.18 Å². The largest absolute Gasteiger partial charge is 0.397 e. The number of hydroxylamine groups is 2. The topological polar surface area (TPSA) is 68.5 Å². The zero-order valence-corrected chi connectivity index (χ0v) is 13.6. The van der Waals surface area contributed by atoms with Crippen molar-refractivity contribution in [1.29, 1.82) is 0 Å². The zero-order valence-electron chi connectivity index (χ0n) is 13.6. The van der Waals surface area contributed by atoms with Crippen molar-refractivity contribution >= 4 is 5.91 Å². The Kier molecular flexibility index (Phi) is 4.28. The highest BCUT2D eigenvalue weighted by molar-refractivity contribution is 5.77. The fraction of sp³-hybridized carbons (Fsp3) is 0.438. The monoisotopic (exact) mass is 355 g/mol. The van der Waals surface area contributed by atoms with Crippen LogP contribution in [-0.2, 0) is 22.6 Å². The van der Waals surface area contributed by atoms with Gasteiger partial charge in [-0.1, -0.05) is 29.4 Å². The predicted molar refractivity (Wildman–Crippen MR) is 79.8 cm³/mol. The minimum atomic E-state index is -4.40. The van der Waals surface area contributed by atoms with Gasteiger partial charge in [0.1, 0.15) is 6.42 Å². The van der Waals surface area contributed by atoms with Crippen LogP contribution >= 0.6 is 0 Å². The van der Waals surface area contributed by atoms with Gasteiger partial charge in [-0.05, 0) is 19.4 Å². The van der Waals surface area contributed by atoms with Crippen LogP contribution in [0.15, 0.2) is 28.8 Å². The number of hydrogen-bond acceptors (Lipinski definition) is 5. The Labute approximate surface area is 141 Å². The predicted octanol–water partition coefficient (Wildman–Crippen LogP) is 3.28. The molecule has 1 aromatic carbocycles. The first-order valence-electron chi connectivity index (χ1n) is 7.59. The number of aromatic nitrogens is 2. The number of carbonyl (C=O) groups excluding carboxylic acids is 1. The van der Waals surface area contributed by atoms with Gasteiger partial charge in [-0.3, -0.25) is 9.63 Å². The highest BCUT2D eigenvalue weighted by Crippen LogP contribution is 2.28. The van der Waals surface area contributed by atoms with Crippen LogP contribution in [0.2, 0.25) is 0 Å². The van der Waals surface area contributed by atoms with Crippen molar-refractivity contribution in [3.8, 4) is 11.4 Å². The molecule has 3 rings (SSSR count). The van der Waals surface area contributed by atoms with Crippen molar-refractivity contribution in [2.75, 3.05) is 0 Å². The number of benzene rings is 1. The van der Waals surface area contributed by atoms with Crippen molar-refractivity contribution in [2.24, 2.45) is 0 Å². The molecule has 0 bridgehead atoms. The molecule has 1 aliphatic rings. The lowest BCUT2D eigenvalue weighted by Gasteiger charge is -2.19. The molecule has 1 saturated heterocycles. The maximum Gasteiger partial charge on any atom is 0.397 e. The number of halogens is 3. The summed E-state index contributed by atoms with van der Waals surface area (Å²) in [7, 11) is 0. The summed E-state index contributed by atoms with van der Waals surface area (Å²) in [6.07, 6.45) is -5.35. The lowest BCUT2D eigenvalue weighted by atomic mass is 10.1. The number of alkyl halides is 3. The fourth-order valence-corrected chi connectivity index (χ4v) is 2.49. The summed E-state index contributed by atoms with van der Waals surface area (Å²) < 4.78 is 41.6. The Morgan fingerprint density at radius 3 is 2.48 bits per heavy atom. The molecule has 6 nitrogen and oxygen atoms in total. The zero-order chi connectivity index (χ0) is 18.2. The van der Waals surface area contributed by atoms with Crippen LogP contribution in [0.3, 0.4) is 0 Å². The van der Waals surface area contributed by atoms with Gasteiger partial charge in [0.2, 0.25) is 17.6 Å². The van der Waals surface area contributed by atoms with Crippen molar-refractivity contribution < 1.29 is 27.3 Å². The van der Waals surface area contributed by atoms with Gasteiger partial charge in [0.25, 0.3) is 0 Å². The maximum atomic E-state index is 12.3. The second-order valence-electron chi connectivity index (χ2n) is 6.46. The highest BCUT2D eigenvalue weighted by Gasteiger charge is 2.37. The maximum absolute atomic E-state index is 12.3. The molecule has 134 valence electrons. The van der Waals surface area contributed by atoms with E-state index in [1.165, 1.54) is 5.06 Å². The van der Waals surface area contributed by atoms with Gasteiger partial charge in [0.15, 0.2) is 0 Å². The quantitative estimate of drug-likeness (QED) is 0.842. The van der Waals surface area contributed by atoms with E-state index in [0.29, 0.717) is 12.0 Å². The molecular formula is C16H16F3N3O3. The van der Waals surface area contributed by atoms with Crippen LogP contribution in [0.4, 0.5) is 13.2 Å². The molecule has 0 spiro atoms. The van der Waals surface area contributed by atoms with E-state index in [1.54, 1.807) is 24.3 Å². The lowest BCUT2D eigenvalue weighted by Crippen LogP contribution is -2.25. The summed E-state index contributed by atoms with van der Waals surface area (Å²) in [6.45, 7) is 3.96. The standard InChI is InChI=1S/C16H16F3N3O3/c1-15(2)8-13(23)22(25-15)9-10-3-5-11(6-4-10)14-20-12(24-21-14)7-16(17,18)19/h3-6H,7-9H2,1-2H3. The molecule has 1 fully saturated rings. The van der Waals surface area contributed by atoms with Gasteiger partial charge in [0.05, 0.1) is 18.6 Å². The number of rotatable bonds is 4. The Bertz CT molecular complexity index is 769.